The van der Waals surface area contributed by atoms with Gasteiger partial charge in [-0.1, -0.05) is 6.07 Å². The van der Waals surface area contributed by atoms with E-state index >= 15 is 0 Å². The molecular weight excluding hydrogens is 248 g/mol. The zero-order chi connectivity index (χ0) is 13.7. The molecule has 0 atom stereocenters. The maximum Gasteiger partial charge on any atom is 0.264 e. The zero-order valence-electron chi connectivity index (χ0n) is 10.6. The molecule has 19 heavy (non-hydrogen) atoms. The lowest BCUT2D eigenvalue weighted by Crippen LogP contribution is -2.21. The Balaban J connectivity index is 1.93. The van der Waals surface area contributed by atoms with Crippen molar-refractivity contribution in [2.45, 2.75) is 6.92 Å². The van der Waals surface area contributed by atoms with E-state index in [9.17, 15) is 4.79 Å². The molecule has 1 aromatic heterocycles. The minimum atomic E-state index is -0.334. The quantitative estimate of drug-likeness (QED) is 0.843. The Labute approximate surface area is 110 Å². The topological polar surface area (TPSA) is 89.1 Å². The Morgan fingerprint density at radius 3 is 2.95 bits per heavy atom. The molecule has 7 heteroatoms. The molecule has 1 heterocycles. The SMILES string of the molecule is COc1cc(C)ccc1OCC(=O)Nc1ncn[nH]1. The average molecular weight is 262 g/mol. The summed E-state index contributed by atoms with van der Waals surface area (Å²) in [5.41, 5.74) is 1.05. The maximum atomic E-state index is 11.6. The molecule has 2 aromatic rings. The van der Waals surface area contributed by atoms with Crippen LogP contribution in [0.4, 0.5) is 5.95 Å². The van der Waals surface area contributed by atoms with Crippen LogP contribution in [0.1, 0.15) is 5.56 Å². The second-order valence-electron chi connectivity index (χ2n) is 3.83. The van der Waals surface area contributed by atoms with Gasteiger partial charge in [-0.2, -0.15) is 10.1 Å². The Kier molecular flexibility index (Phi) is 3.97. The molecule has 0 aliphatic carbocycles. The molecule has 0 fully saturated rings. The predicted molar refractivity (Wildman–Crippen MR) is 68.2 cm³/mol. The highest BCUT2D eigenvalue weighted by atomic mass is 16.5. The number of aromatic amines is 1. The van der Waals surface area contributed by atoms with E-state index in [0.29, 0.717) is 11.5 Å². The summed E-state index contributed by atoms with van der Waals surface area (Å²) in [6.45, 7) is 1.81. The molecule has 100 valence electrons. The molecule has 0 bridgehead atoms. The van der Waals surface area contributed by atoms with Gasteiger partial charge in [0.25, 0.3) is 5.91 Å². The van der Waals surface area contributed by atoms with Gasteiger partial charge in [-0.25, -0.2) is 5.10 Å². The lowest BCUT2D eigenvalue weighted by Gasteiger charge is -2.10. The van der Waals surface area contributed by atoms with Crippen molar-refractivity contribution in [3.63, 3.8) is 0 Å². The lowest BCUT2D eigenvalue weighted by molar-refractivity contribution is -0.118. The van der Waals surface area contributed by atoms with E-state index < -0.39 is 0 Å². The largest absolute Gasteiger partial charge is 0.493 e. The predicted octanol–water partition coefficient (Wildman–Crippen LogP) is 1.14. The molecule has 0 unspecified atom stereocenters. The van der Waals surface area contributed by atoms with E-state index in [-0.39, 0.29) is 18.5 Å². The fourth-order valence-electron chi connectivity index (χ4n) is 1.47. The summed E-state index contributed by atoms with van der Waals surface area (Å²) in [4.78, 5) is 15.4. The number of hydrogen-bond acceptors (Lipinski definition) is 5. The second-order valence-corrected chi connectivity index (χ2v) is 3.83. The van der Waals surface area contributed by atoms with Crippen LogP contribution in [0.25, 0.3) is 0 Å². The van der Waals surface area contributed by atoms with Gasteiger partial charge in [-0.05, 0) is 24.6 Å². The smallest absolute Gasteiger partial charge is 0.264 e. The van der Waals surface area contributed by atoms with Crippen molar-refractivity contribution in [3.8, 4) is 11.5 Å². The molecule has 0 aliphatic heterocycles. The molecule has 1 aromatic carbocycles. The van der Waals surface area contributed by atoms with Crippen molar-refractivity contribution >= 4 is 11.9 Å². The van der Waals surface area contributed by atoms with Crippen molar-refractivity contribution < 1.29 is 14.3 Å². The van der Waals surface area contributed by atoms with Crippen molar-refractivity contribution in [3.05, 3.63) is 30.1 Å². The number of nitrogens with one attached hydrogen (secondary N) is 2. The van der Waals surface area contributed by atoms with Gasteiger partial charge in [0.2, 0.25) is 5.95 Å². The number of hydrogen-bond donors (Lipinski definition) is 2. The molecule has 0 saturated heterocycles. The van der Waals surface area contributed by atoms with Gasteiger partial charge in [0, 0.05) is 0 Å². The van der Waals surface area contributed by atoms with Crippen LogP contribution in [0, 0.1) is 6.92 Å². The first-order valence-corrected chi connectivity index (χ1v) is 5.61. The van der Waals surface area contributed by atoms with Gasteiger partial charge < -0.3 is 9.47 Å². The minimum Gasteiger partial charge on any atom is -0.493 e. The van der Waals surface area contributed by atoms with Crippen LogP contribution in [0.3, 0.4) is 0 Å². The van der Waals surface area contributed by atoms with Gasteiger partial charge in [-0.15, -0.1) is 0 Å². The fourth-order valence-corrected chi connectivity index (χ4v) is 1.47. The molecule has 0 aliphatic rings. The van der Waals surface area contributed by atoms with Crippen molar-refractivity contribution in [1.82, 2.24) is 15.2 Å². The van der Waals surface area contributed by atoms with E-state index in [1.54, 1.807) is 13.2 Å². The van der Waals surface area contributed by atoms with Crippen molar-refractivity contribution in [2.24, 2.45) is 0 Å². The van der Waals surface area contributed by atoms with E-state index in [2.05, 4.69) is 20.5 Å². The molecule has 0 saturated carbocycles. The van der Waals surface area contributed by atoms with Crippen LogP contribution in [-0.2, 0) is 4.79 Å². The monoisotopic (exact) mass is 262 g/mol. The number of benzene rings is 1. The number of methoxy groups -OCH3 is 1. The first kappa shape index (κ1) is 12.9. The van der Waals surface area contributed by atoms with Gasteiger partial charge in [0.05, 0.1) is 7.11 Å². The van der Waals surface area contributed by atoms with E-state index in [4.69, 9.17) is 9.47 Å². The van der Waals surface area contributed by atoms with Crippen molar-refractivity contribution in [2.75, 3.05) is 19.0 Å². The van der Waals surface area contributed by atoms with Gasteiger partial charge in [0.1, 0.15) is 6.33 Å². The van der Waals surface area contributed by atoms with Gasteiger partial charge >= 0.3 is 0 Å². The third-order valence-corrected chi connectivity index (χ3v) is 2.35. The maximum absolute atomic E-state index is 11.6. The number of rotatable bonds is 5. The standard InChI is InChI=1S/C12H14N4O3/c1-8-3-4-9(10(5-8)18-2)19-6-11(17)15-12-13-7-14-16-12/h3-5,7H,6H2,1-2H3,(H2,13,14,15,16,17). The summed E-state index contributed by atoms with van der Waals surface area (Å²) in [6, 6.07) is 5.48. The summed E-state index contributed by atoms with van der Waals surface area (Å²) in [6.07, 6.45) is 1.31. The Morgan fingerprint density at radius 1 is 1.42 bits per heavy atom. The van der Waals surface area contributed by atoms with Crippen LogP contribution in [0.5, 0.6) is 11.5 Å². The number of nitrogens with zero attached hydrogens (tertiary/aromatic N) is 2. The Morgan fingerprint density at radius 2 is 2.26 bits per heavy atom. The normalized spacial score (nSPS) is 10.0. The number of aromatic nitrogens is 3. The zero-order valence-corrected chi connectivity index (χ0v) is 10.6. The molecule has 0 radical (unpaired) electrons. The number of ether oxygens (including phenoxy) is 2. The molecule has 0 spiro atoms. The van der Waals surface area contributed by atoms with Crippen molar-refractivity contribution in [1.29, 1.82) is 0 Å². The summed E-state index contributed by atoms with van der Waals surface area (Å²) in [7, 11) is 1.55. The second kappa shape index (κ2) is 5.85. The number of anilines is 1. The summed E-state index contributed by atoms with van der Waals surface area (Å²) >= 11 is 0. The van der Waals surface area contributed by atoms with Crippen LogP contribution in [0.2, 0.25) is 0 Å². The molecule has 2 rings (SSSR count). The van der Waals surface area contributed by atoms with E-state index in [0.717, 1.165) is 5.56 Å². The van der Waals surface area contributed by atoms with E-state index in [1.807, 2.05) is 19.1 Å². The highest BCUT2D eigenvalue weighted by Gasteiger charge is 2.08. The number of H-pyrrole nitrogens is 1. The van der Waals surface area contributed by atoms with Gasteiger partial charge in [0.15, 0.2) is 18.1 Å². The molecule has 1 amide bonds. The molecular formula is C12H14N4O3. The summed E-state index contributed by atoms with van der Waals surface area (Å²) < 4.78 is 10.6. The Bertz CT molecular complexity index is 554. The third kappa shape index (κ3) is 3.44. The number of carbonyl (C=O) groups excluding carboxylic acids is 1. The fraction of sp³-hybridized carbons (Fsp3) is 0.250. The summed E-state index contributed by atoms with van der Waals surface area (Å²) in [5.74, 6) is 1.05. The van der Waals surface area contributed by atoms with E-state index in [1.165, 1.54) is 6.33 Å². The van der Waals surface area contributed by atoms with Crippen LogP contribution < -0.4 is 14.8 Å². The Hall–Kier alpha value is -2.57. The summed E-state index contributed by atoms with van der Waals surface area (Å²) in [5, 5.41) is 8.65. The van der Waals surface area contributed by atoms with Crippen LogP contribution in [-0.4, -0.2) is 34.8 Å². The highest BCUT2D eigenvalue weighted by Crippen LogP contribution is 2.27. The minimum absolute atomic E-state index is 0.139. The number of aryl methyl sites for hydroxylation is 1. The molecule has 7 nitrogen and oxygen atoms in total. The van der Waals surface area contributed by atoms with Gasteiger partial charge in [-0.3, -0.25) is 10.1 Å². The lowest BCUT2D eigenvalue weighted by atomic mass is 10.2. The number of amides is 1. The number of carbonyl (C=O) groups is 1. The van der Waals surface area contributed by atoms with Crippen LogP contribution >= 0.6 is 0 Å². The van der Waals surface area contributed by atoms with Crippen LogP contribution in [0.15, 0.2) is 24.5 Å². The first-order chi connectivity index (χ1) is 9.19. The molecule has 2 N–H and O–H groups in total. The average Bonchev–Trinajstić information content (AvgIpc) is 2.90. The third-order valence-electron chi connectivity index (χ3n) is 2.35. The highest BCUT2D eigenvalue weighted by molar-refractivity contribution is 5.90. The first-order valence-electron chi connectivity index (χ1n) is 5.61.